The highest BCUT2D eigenvalue weighted by atomic mass is 16.7. The number of methoxy groups -OCH3 is 1. The Morgan fingerprint density at radius 3 is 2.71 bits per heavy atom. The lowest BCUT2D eigenvalue weighted by Gasteiger charge is -2.41. The zero-order chi connectivity index (χ0) is 15.6. The van der Waals surface area contributed by atoms with Gasteiger partial charge in [-0.2, -0.15) is 0 Å². The summed E-state index contributed by atoms with van der Waals surface area (Å²) in [6.45, 7) is 6.52. The van der Waals surface area contributed by atoms with Gasteiger partial charge in [0, 0.05) is 24.9 Å². The summed E-state index contributed by atoms with van der Waals surface area (Å²) in [5.74, 6) is 0.292. The minimum absolute atomic E-state index is 0.266. The molecular weight excluding hydrogens is 274 g/mol. The quantitative estimate of drug-likeness (QED) is 0.565. The molecule has 0 spiro atoms. The van der Waals surface area contributed by atoms with Crippen LogP contribution in [0.15, 0.2) is 11.9 Å². The molecule has 0 amide bonds. The van der Waals surface area contributed by atoms with Crippen LogP contribution in [0.4, 0.5) is 0 Å². The van der Waals surface area contributed by atoms with Crippen LogP contribution in [-0.4, -0.2) is 53.5 Å². The standard InChI is InChI=1S/C14H27N3O4/c1-8(2)5-10-6-17(16-15-10)7-11-13(19)12(18)9(3)14(20-4)21-11/h6,8-9,11-16,18-19H,5,7H2,1-4H3. The average molecular weight is 301 g/mol. The Balaban J connectivity index is 1.94. The maximum absolute atomic E-state index is 10.2. The van der Waals surface area contributed by atoms with E-state index >= 15 is 0 Å². The number of allylic oxidation sites excluding steroid dienone is 1. The summed E-state index contributed by atoms with van der Waals surface area (Å²) in [7, 11) is 1.54. The van der Waals surface area contributed by atoms with Gasteiger partial charge in [0.15, 0.2) is 6.29 Å². The zero-order valence-electron chi connectivity index (χ0n) is 13.1. The number of ether oxygens (including phenoxy) is 2. The van der Waals surface area contributed by atoms with Gasteiger partial charge in [0.05, 0.1) is 12.6 Å². The van der Waals surface area contributed by atoms with Gasteiger partial charge in [-0.3, -0.25) is 5.01 Å². The van der Waals surface area contributed by atoms with Crippen molar-refractivity contribution in [1.29, 1.82) is 0 Å². The highest BCUT2D eigenvalue weighted by Crippen LogP contribution is 2.27. The molecule has 1 fully saturated rings. The topological polar surface area (TPSA) is 86.2 Å². The second kappa shape index (κ2) is 6.93. The first-order chi connectivity index (χ1) is 9.92. The van der Waals surface area contributed by atoms with Gasteiger partial charge in [-0.15, -0.1) is 5.53 Å². The lowest BCUT2D eigenvalue weighted by Crippen LogP contribution is -2.57. The molecule has 0 aromatic heterocycles. The summed E-state index contributed by atoms with van der Waals surface area (Å²) in [4.78, 5) is 0. The molecule has 0 saturated carbocycles. The fourth-order valence-electron chi connectivity index (χ4n) is 2.72. The van der Waals surface area contributed by atoms with E-state index in [0.29, 0.717) is 12.5 Å². The molecule has 2 rings (SSSR count). The smallest absolute Gasteiger partial charge is 0.162 e. The van der Waals surface area contributed by atoms with E-state index in [2.05, 4.69) is 24.8 Å². The molecule has 4 N–H and O–H groups in total. The van der Waals surface area contributed by atoms with Crippen molar-refractivity contribution in [3.05, 3.63) is 11.9 Å². The highest BCUT2D eigenvalue weighted by molar-refractivity contribution is 5.03. The Labute approximate surface area is 125 Å². The van der Waals surface area contributed by atoms with Crippen LogP contribution < -0.4 is 11.0 Å². The summed E-state index contributed by atoms with van der Waals surface area (Å²) in [5.41, 5.74) is 7.20. The van der Waals surface area contributed by atoms with Crippen molar-refractivity contribution < 1.29 is 19.7 Å². The van der Waals surface area contributed by atoms with Crippen LogP contribution in [0.2, 0.25) is 0 Å². The van der Waals surface area contributed by atoms with E-state index < -0.39 is 24.6 Å². The molecule has 5 unspecified atom stereocenters. The molecule has 0 aromatic rings. The van der Waals surface area contributed by atoms with Crippen molar-refractivity contribution >= 4 is 0 Å². The first-order valence-corrected chi connectivity index (χ1v) is 7.45. The number of nitrogens with one attached hydrogen (secondary N) is 2. The van der Waals surface area contributed by atoms with Gasteiger partial charge in [-0.1, -0.05) is 20.8 Å². The summed E-state index contributed by atoms with van der Waals surface area (Å²) >= 11 is 0. The second-order valence-corrected chi connectivity index (χ2v) is 6.26. The average Bonchev–Trinajstić information content (AvgIpc) is 2.86. The van der Waals surface area contributed by atoms with Crippen molar-refractivity contribution in [1.82, 2.24) is 16.0 Å². The molecule has 21 heavy (non-hydrogen) atoms. The molecule has 2 heterocycles. The van der Waals surface area contributed by atoms with Gasteiger partial charge >= 0.3 is 0 Å². The van der Waals surface area contributed by atoms with Crippen LogP contribution >= 0.6 is 0 Å². The van der Waals surface area contributed by atoms with E-state index in [1.54, 1.807) is 14.0 Å². The van der Waals surface area contributed by atoms with E-state index in [1.807, 2.05) is 11.2 Å². The minimum atomic E-state index is -0.934. The minimum Gasteiger partial charge on any atom is -0.390 e. The summed E-state index contributed by atoms with van der Waals surface area (Å²) in [6, 6.07) is 0. The molecular formula is C14H27N3O4. The Bertz CT molecular complexity index is 375. The molecule has 0 aliphatic carbocycles. The summed E-state index contributed by atoms with van der Waals surface area (Å²) in [5, 5.41) is 22.1. The number of rotatable bonds is 5. The molecule has 7 nitrogen and oxygen atoms in total. The second-order valence-electron chi connectivity index (χ2n) is 6.26. The monoisotopic (exact) mass is 301 g/mol. The van der Waals surface area contributed by atoms with Crippen molar-refractivity contribution in [3.63, 3.8) is 0 Å². The van der Waals surface area contributed by atoms with Gasteiger partial charge in [0.2, 0.25) is 0 Å². The van der Waals surface area contributed by atoms with E-state index in [-0.39, 0.29) is 5.92 Å². The molecule has 0 bridgehead atoms. The van der Waals surface area contributed by atoms with E-state index in [1.165, 1.54) is 0 Å². The maximum atomic E-state index is 10.2. The van der Waals surface area contributed by atoms with E-state index in [0.717, 1.165) is 12.1 Å². The normalized spacial score (nSPS) is 36.8. The largest absolute Gasteiger partial charge is 0.390 e. The Morgan fingerprint density at radius 2 is 2.10 bits per heavy atom. The van der Waals surface area contributed by atoms with Crippen molar-refractivity contribution in [2.45, 2.75) is 51.8 Å². The van der Waals surface area contributed by atoms with Gasteiger partial charge < -0.3 is 25.1 Å². The van der Waals surface area contributed by atoms with Crippen LogP contribution in [-0.2, 0) is 9.47 Å². The number of aliphatic hydroxyl groups excluding tert-OH is 2. The fraction of sp³-hybridized carbons (Fsp3) is 0.857. The lowest BCUT2D eigenvalue weighted by molar-refractivity contribution is -0.271. The molecule has 5 atom stereocenters. The SMILES string of the molecule is COC1OC(CN2C=C(CC(C)C)NN2)C(O)C(O)C1C. The number of aliphatic hydroxyl groups is 2. The molecule has 0 aromatic carbocycles. The van der Waals surface area contributed by atoms with E-state index in [9.17, 15) is 10.2 Å². The first kappa shape index (κ1) is 16.5. The first-order valence-electron chi connectivity index (χ1n) is 7.45. The Kier molecular flexibility index (Phi) is 5.45. The predicted molar refractivity (Wildman–Crippen MR) is 77.4 cm³/mol. The van der Waals surface area contributed by atoms with Crippen LogP contribution in [0.1, 0.15) is 27.2 Å². The van der Waals surface area contributed by atoms with Gasteiger partial charge in [0.25, 0.3) is 0 Å². The van der Waals surface area contributed by atoms with Crippen molar-refractivity contribution in [2.75, 3.05) is 13.7 Å². The van der Waals surface area contributed by atoms with Gasteiger partial charge in [-0.25, -0.2) is 0 Å². The maximum Gasteiger partial charge on any atom is 0.162 e. The predicted octanol–water partition coefficient (Wildman–Crippen LogP) is -0.0721. The third-order valence-electron chi connectivity index (χ3n) is 3.92. The number of hydrogen-bond donors (Lipinski definition) is 4. The highest BCUT2D eigenvalue weighted by Gasteiger charge is 2.43. The third-order valence-corrected chi connectivity index (χ3v) is 3.92. The Hall–Kier alpha value is -0.860. The molecule has 7 heteroatoms. The van der Waals surface area contributed by atoms with Crippen LogP contribution in [0, 0.1) is 11.8 Å². The third kappa shape index (κ3) is 3.87. The van der Waals surface area contributed by atoms with Crippen LogP contribution in [0.3, 0.4) is 0 Å². The van der Waals surface area contributed by atoms with Crippen molar-refractivity contribution in [3.8, 4) is 0 Å². The molecule has 122 valence electrons. The Morgan fingerprint density at radius 1 is 1.38 bits per heavy atom. The molecule has 0 radical (unpaired) electrons. The summed E-state index contributed by atoms with van der Waals surface area (Å²) < 4.78 is 11.0. The van der Waals surface area contributed by atoms with Gasteiger partial charge in [0.1, 0.15) is 12.2 Å². The number of hydrogen-bond acceptors (Lipinski definition) is 7. The number of nitrogens with zero attached hydrogens (tertiary/aromatic N) is 1. The van der Waals surface area contributed by atoms with Crippen molar-refractivity contribution in [2.24, 2.45) is 11.8 Å². The summed E-state index contributed by atoms with van der Waals surface area (Å²) in [6.07, 6.45) is 0.0764. The zero-order valence-corrected chi connectivity index (χ0v) is 13.1. The van der Waals surface area contributed by atoms with Crippen LogP contribution in [0.25, 0.3) is 0 Å². The van der Waals surface area contributed by atoms with Gasteiger partial charge in [-0.05, 0) is 12.3 Å². The lowest BCUT2D eigenvalue weighted by atomic mass is 9.92. The van der Waals surface area contributed by atoms with Crippen LogP contribution in [0.5, 0.6) is 0 Å². The fourth-order valence-corrected chi connectivity index (χ4v) is 2.72. The molecule has 1 saturated heterocycles. The number of hydrazine groups is 2. The molecule has 2 aliphatic heterocycles. The van der Waals surface area contributed by atoms with E-state index in [4.69, 9.17) is 9.47 Å². The molecule has 2 aliphatic rings.